The molecule has 2 atom stereocenters. The largest absolute Gasteiger partial charge is 0.392 e. The van der Waals surface area contributed by atoms with Crippen LogP contribution in [0.1, 0.15) is 57.4 Å². The number of halogens is 1. The zero-order valence-electron chi connectivity index (χ0n) is 13.2. The first-order valence-electron chi connectivity index (χ1n) is 8.12. The van der Waals surface area contributed by atoms with Gasteiger partial charge in [-0.05, 0) is 48.3 Å². The van der Waals surface area contributed by atoms with Gasteiger partial charge in [0.1, 0.15) is 0 Å². The average molecular weight is 354 g/mol. The molecule has 2 nitrogen and oxygen atoms in total. The Morgan fingerprint density at radius 3 is 2.24 bits per heavy atom. The van der Waals surface area contributed by atoms with Crippen LogP contribution in [-0.2, 0) is 0 Å². The summed E-state index contributed by atoms with van der Waals surface area (Å²) in [5, 5.41) is 11.1. The first-order chi connectivity index (χ1) is 9.98. The highest BCUT2D eigenvalue weighted by atomic mass is 79.9. The highest BCUT2D eigenvalue weighted by Gasteiger charge is 2.44. The molecule has 0 spiro atoms. The molecule has 0 aliphatic heterocycles. The van der Waals surface area contributed by atoms with Crippen molar-refractivity contribution in [3.05, 3.63) is 34.3 Å². The fourth-order valence-electron chi connectivity index (χ4n) is 4.10. The zero-order chi connectivity index (χ0) is 15.5. The summed E-state index contributed by atoms with van der Waals surface area (Å²) in [5.74, 6) is 0.649. The van der Waals surface area contributed by atoms with Gasteiger partial charge in [-0.3, -0.25) is 0 Å². The normalized spacial score (nSPS) is 20.7. The molecule has 1 aromatic carbocycles. The second-order valence-corrected chi connectivity index (χ2v) is 7.92. The van der Waals surface area contributed by atoms with Crippen LogP contribution in [0.5, 0.6) is 0 Å². The standard InChI is InChI=1S/C18H28BrNO/c1-13(2)11-18(9-3-4-10-18)17(21)16(12-20)14-5-7-15(19)8-6-14/h5-8,13,16-17,21H,3-4,9-12,20H2,1-2H3. The molecular formula is C18H28BrNO. The summed E-state index contributed by atoms with van der Waals surface area (Å²) in [5.41, 5.74) is 7.25. The quantitative estimate of drug-likeness (QED) is 0.792. The van der Waals surface area contributed by atoms with Crippen LogP contribution in [0.3, 0.4) is 0 Å². The van der Waals surface area contributed by atoms with Crippen LogP contribution in [0.4, 0.5) is 0 Å². The first-order valence-corrected chi connectivity index (χ1v) is 8.91. The number of nitrogens with two attached hydrogens (primary N) is 1. The lowest BCUT2D eigenvalue weighted by molar-refractivity contribution is -0.00504. The lowest BCUT2D eigenvalue weighted by Crippen LogP contribution is -2.41. The number of rotatable bonds is 6. The van der Waals surface area contributed by atoms with Crippen molar-refractivity contribution in [3.63, 3.8) is 0 Å². The van der Waals surface area contributed by atoms with E-state index in [2.05, 4.69) is 41.9 Å². The van der Waals surface area contributed by atoms with Crippen LogP contribution in [-0.4, -0.2) is 17.8 Å². The van der Waals surface area contributed by atoms with Gasteiger partial charge in [0.15, 0.2) is 0 Å². The summed E-state index contributed by atoms with van der Waals surface area (Å²) in [6.45, 7) is 5.01. The van der Waals surface area contributed by atoms with Crippen LogP contribution in [0.2, 0.25) is 0 Å². The molecule has 0 bridgehead atoms. The summed E-state index contributed by atoms with van der Waals surface area (Å²) < 4.78 is 1.06. The van der Waals surface area contributed by atoms with Gasteiger partial charge in [0.2, 0.25) is 0 Å². The molecule has 0 aromatic heterocycles. The van der Waals surface area contributed by atoms with Crippen molar-refractivity contribution in [2.24, 2.45) is 17.1 Å². The maximum Gasteiger partial charge on any atom is 0.0677 e. The van der Waals surface area contributed by atoms with Crippen LogP contribution < -0.4 is 5.73 Å². The fraction of sp³-hybridized carbons (Fsp3) is 0.667. The van der Waals surface area contributed by atoms with Gasteiger partial charge in [-0.1, -0.05) is 54.8 Å². The maximum absolute atomic E-state index is 11.1. The molecular weight excluding hydrogens is 326 g/mol. The summed E-state index contributed by atoms with van der Waals surface area (Å²) >= 11 is 3.47. The number of aliphatic hydroxyl groups excluding tert-OH is 1. The van der Waals surface area contributed by atoms with E-state index in [0.717, 1.165) is 29.3 Å². The van der Waals surface area contributed by atoms with E-state index in [4.69, 9.17) is 5.73 Å². The maximum atomic E-state index is 11.1. The van der Waals surface area contributed by atoms with Gasteiger partial charge < -0.3 is 10.8 Å². The topological polar surface area (TPSA) is 46.2 Å². The lowest BCUT2D eigenvalue weighted by atomic mass is 9.69. The molecule has 118 valence electrons. The minimum Gasteiger partial charge on any atom is -0.392 e. The van der Waals surface area contributed by atoms with Gasteiger partial charge in [0.25, 0.3) is 0 Å². The van der Waals surface area contributed by atoms with Crippen molar-refractivity contribution in [1.29, 1.82) is 0 Å². The Kier molecular flexibility index (Phi) is 5.87. The van der Waals surface area contributed by atoms with Crippen molar-refractivity contribution in [1.82, 2.24) is 0 Å². The summed E-state index contributed by atoms with van der Waals surface area (Å²) in [4.78, 5) is 0. The van der Waals surface area contributed by atoms with Gasteiger partial charge >= 0.3 is 0 Å². The molecule has 1 aromatic rings. The molecule has 1 aliphatic carbocycles. The number of hydrogen-bond donors (Lipinski definition) is 2. The van der Waals surface area contributed by atoms with Crippen LogP contribution >= 0.6 is 15.9 Å². The third kappa shape index (κ3) is 3.88. The molecule has 0 heterocycles. The van der Waals surface area contributed by atoms with E-state index in [0.29, 0.717) is 12.5 Å². The van der Waals surface area contributed by atoms with E-state index in [1.54, 1.807) is 0 Å². The van der Waals surface area contributed by atoms with E-state index in [1.165, 1.54) is 12.8 Å². The molecule has 2 rings (SSSR count). The number of benzene rings is 1. The smallest absolute Gasteiger partial charge is 0.0677 e. The van der Waals surface area contributed by atoms with E-state index in [-0.39, 0.29) is 17.4 Å². The molecule has 0 amide bonds. The molecule has 2 unspecified atom stereocenters. The van der Waals surface area contributed by atoms with Gasteiger partial charge in [0, 0.05) is 16.9 Å². The van der Waals surface area contributed by atoms with Gasteiger partial charge in [0.05, 0.1) is 6.10 Å². The molecule has 3 heteroatoms. The van der Waals surface area contributed by atoms with E-state index < -0.39 is 0 Å². The second kappa shape index (κ2) is 7.26. The minimum atomic E-state index is -0.339. The van der Waals surface area contributed by atoms with E-state index >= 15 is 0 Å². The summed E-state index contributed by atoms with van der Waals surface area (Å²) in [6.07, 6.45) is 5.51. The van der Waals surface area contributed by atoms with Crippen molar-refractivity contribution in [2.75, 3.05) is 6.54 Å². The second-order valence-electron chi connectivity index (χ2n) is 7.01. The molecule has 21 heavy (non-hydrogen) atoms. The number of aliphatic hydroxyl groups is 1. The van der Waals surface area contributed by atoms with Gasteiger partial charge in [-0.2, -0.15) is 0 Å². The average Bonchev–Trinajstić information content (AvgIpc) is 2.90. The van der Waals surface area contributed by atoms with Crippen LogP contribution in [0.25, 0.3) is 0 Å². The predicted octanol–water partition coefficient (Wildman–Crippen LogP) is 4.46. The van der Waals surface area contributed by atoms with Crippen molar-refractivity contribution < 1.29 is 5.11 Å². The zero-order valence-corrected chi connectivity index (χ0v) is 14.8. The molecule has 1 aliphatic rings. The first kappa shape index (κ1) is 17.0. The SMILES string of the molecule is CC(C)CC1(C(O)C(CN)c2ccc(Br)cc2)CCCC1. The van der Waals surface area contributed by atoms with Gasteiger partial charge in [-0.25, -0.2) is 0 Å². The Morgan fingerprint density at radius 1 is 1.19 bits per heavy atom. The summed E-state index contributed by atoms with van der Waals surface area (Å²) in [7, 11) is 0. The Morgan fingerprint density at radius 2 is 1.76 bits per heavy atom. The number of hydrogen-bond acceptors (Lipinski definition) is 2. The van der Waals surface area contributed by atoms with Crippen molar-refractivity contribution >= 4 is 15.9 Å². The molecule has 1 fully saturated rings. The Bertz CT molecular complexity index is 437. The summed E-state index contributed by atoms with van der Waals surface area (Å²) in [6, 6.07) is 8.24. The predicted molar refractivity (Wildman–Crippen MR) is 92.3 cm³/mol. The molecule has 1 saturated carbocycles. The third-order valence-corrected chi connectivity index (χ3v) is 5.50. The lowest BCUT2D eigenvalue weighted by Gasteiger charge is -2.40. The molecule has 3 N–H and O–H groups in total. The molecule has 0 radical (unpaired) electrons. The van der Waals surface area contributed by atoms with Gasteiger partial charge in [-0.15, -0.1) is 0 Å². The molecule has 0 saturated heterocycles. The Labute approximate surface area is 137 Å². The van der Waals surface area contributed by atoms with Crippen molar-refractivity contribution in [2.45, 2.75) is 58.0 Å². The van der Waals surface area contributed by atoms with Crippen LogP contribution in [0, 0.1) is 11.3 Å². The highest BCUT2D eigenvalue weighted by Crippen LogP contribution is 2.49. The fourth-order valence-corrected chi connectivity index (χ4v) is 4.36. The van der Waals surface area contributed by atoms with E-state index in [9.17, 15) is 5.11 Å². The third-order valence-electron chi connectivity index (χ3n) is 4.97. The Hall–Kier alpha value is -0.380. The minimum absolute atomic E-state index is 0.0370. The van der Waals surface area contributed by atoms with E-state index in [1.807, 2.05) is 12.1 Å². The highest BCUT2D eigenvalue weighted by molar-refractivity contribution is 9.10. The Balaban J connectivity index is 2.24. The van der Waals surface area contributed by atoms with Crippen molar-refractivity contribution in [3.8, 4) is 0 Å². The van der Waals surface area contributed by atoms with Crippen LogP contribution in [0.15, 0.2) is 28.7 Å². The monoisotopic (exact) mass is 353 g/mol.